The number of piperazine rings is 1. The van der Waals surface area contributed by atoms with Gasteiger partial charge in [0.15, 0.2) is 0 Å². The summed E-state index contributed by atoms with van der Waals surface area (Å²) >= 11 is 0. The molecular formula is C19H28F5N5O. The standard InChI is InChI=1S/C17H22F5N5O.C2H6/c1-10-4-14(19)11(6-13(10)18)5-12(23)7-16(28)26-2-3-27(9-17(20,21)22)15(8-26)25-24;1-2/h4,6,12H,2-3,5,7-9,23-24H2,1H3;1-2H3/b25-15-;. The number of hydrazone groups is 1. The van der Waals surface area contributed by atoms with E-state index in [-0.39, 0.29) is 49.4 Å². The quantitative estimate of drug-likeness (QED) is 0.421. The lowest BCUT2D eigenvalue weighted by atomic mass is 10.0. The molecule has 1 fully saturated rings. The molecule has 2 rings (SSSR count). The van der Waals surface area contributed by atoms with Crippen molar-refractivity contribution in [2.24, 2.45) is 16.7 Å². The van der Waals surface area contributed by atoms with Crippen LogP contribution in [0.5, 0.6) is 0 Å². The van der Waals surface area contributed by atoms with E-state index in [0.717, 1.165) is 17.0 Å². The van der Waals surface area contributed by atoms with Gasteiger partial charge in [0.1, 0.15) is 24.0 Å². The molecule has 11 heteroatoms. The van der Waals surface area contributed by atoms with Crippen LogP contribution in [0, 0.1) is 18.6 Å². The normalized spacial score (nSPS) is 16.9. The van der Waals surface area contributed by atoms with E-state index in [1.807, 2.05) is 13.8 Å². The van der Waals surface area contributed by atoms with Gasteiger partial charge in [0.25, 0.3) is 0 Å². The molecule has 0 spiro atoms. The van der Waals surface area contributed by atoms with E-state index in [1.165, 1.54) is 11.8 Å². The second-order valence-electron chi connectivity index (χ2n) is 6.76. The summed E-state index contributed by atoms with van der Waals surface area (Å²) in [5, 5.41) is 3.35. The van der Waals surface area contributed by atoms with Gasteiger partial charge >= 0.3 is 6.18 Å². The topological polar surface area (TPSA) is 88.0 Å². The van der Waals surface area contributed by atoms with Crippen molar-refractivity contribution in [1.29, 1.82) is 0 Å². The number of amides is 1. The van der Waals surface area contributed by atoms with Gasteiger partial charge in [0.05, 0.1) is 6.54 Å². The van der Waals surface area contributed by atoms with Crippen LogP contribution in [0.2, 0.25) is 0 Å². The highest BCUT2D eigenvalue weighted by Crippen LogP contribution is 2.19. The Morgan fingerprint density at radius 3 is 2.40 bits per heavy atom. The monoisotopic (exact) mass is 437 g/mol. The molecule has 1 heterocycles. The summed E-state index contributed by atoms with van der Waals surface area (Å²) in [4.78, 5) is 14.7. The number of aryl methyl sites for hydroxylation is 1. The lowest BCUT2D eigenvalue weighted by molar-refractivity contribution is -0.141. The molecule has 6 nitrogen and oxygen atoms in total. The zero-order valence-corrected chi connectivity index (χ0v) is 17.3. The number of hydrogen-bond donors (Lipinski definition) is 2. The largest absolute Gasteiger partial charge is 0.405 e. The van der Waals surface area contributed by atoms with E-state index < -0.39 is 36.3 Å². The van der Waals surface area contributed by atoms with E-state index in [0.29, 0.717) is 0 Å². The molecule has 1 aromatic carbocycles. The van der Waals surface area contributed by atoms with E-state index >= 15 is 0 Å². The van der Waals surface area contributed by atoms with Gasteiger partial charge in [-0.05, 0) is 36.6 Å². The van der Waals surface area contributed by atoms with Crippen molar-refractivity contribution < 1.29 is 26.7 Å². The Kier molecular flexibility index (Phi) is 9.47. The van der Waals surface area contributed by atoms with Crippen LogP contribution in [0.25, 0.3) is 0 Å². The first-order valence-corrected chi connectivity index (χ1v) is 9.56. The van der Waals surface area contributed by atoms with Gasteiger partial charge < -0.3 is 21.4 Å². The Bertz CT molecular complexity index is 754. The number of benzene rings is 1. The molecule has 1 atom stereocenters. The van der Waals surface area contributed by atoms with Gasteiger partial charge in [-0.3, -0.25) is 4.79 Å². The Labute approximate surface area is 172 Å². The first-order valence-electron chi connectivity index (χ1n) is 9.56. The van der Waals surface area contributed by atoms with E-state index in [4.69, 9.17) is 11.6 Å². The lowest BCUT2D eigenvalue weighted by Gasteiger charge is -2.37. The van der Waals surface area contributed by atoms with Crippen molar-refractivity contribution in [3.63, 3.8) is 0 Å². The molecule has 0 bridgehead atoms. The number of carbonyl (C=O) groups is 1. The Balaban J connectivity index is 0.00000218. The molecule has 1 aliphatic rings. The van der Waals surface area contributed by atoms with Crippen LogP contribution in [0.3, 0.4) is 0 Å². The second kappa shape index (κ2) is 11.1. The number of halogens is 5. The van der Waals surface area contributed by atoms with Gasteiger partial charge in [-0.2, -0.15) is 18.3 Å². The number of amidine groups is 1. The number of nitrogens with zero attached hydrogens (tertiary/aromatic N) is 3. The Morgan fingerprint density at radius 1 is 1.20 bits per heavy atom. The van der Waals surface area contributed by atoms with Crippen LogP contribution in [-0.2, 0) is 11.2 Å². The van der Waals surface area contributed by atoms with Crippen molar-refractivity contribution in [2.45, 2.75) is 45.8 Å². The third-order valence-electron chi connectivity index (χ3n) is 4.46. The van der Waals surface area contributed by atoms with Crippen LogP contribution in [0.1, 0.15) is 31.4 Å². The van der Waals surface area contributed by atoms with Crippen molar-refractivity contribution in [2.75, 3.05) is 26.2 Å². The van der Waals surface area contributed by atoms with Crippen LogP contribution < -0.4 is 11.6 Å². The minimum absolute atomic E-state index is 0.0498. The summed E-state index contributed by atoms with van der Waals surface area (Å²) in [5.41, 5.74) is 6.12. The van der Waals surface area contributed by atoms with Gasteiger partial charge in [-0.25, -0.2) is 8.78 Å². The molecule has 0 radical (unpaired) electrons. The molecule has 170 valence electrons. The molecule has 1 saturated heterocycles. The molecule has 0 saturated carbocycles. The highest BCUT2D eigenvalue weighted by Gasteiger charge is 2.35. The first-order chi connectivity index (χ1) is 14.0. The Morgan fingerprint density at radius 2 is 1.83 bits per heavy atom. The summed E-state index contributed by atoms with van der Waals surface area (Å²) in [7, 11) is 0. The maximum absolute atomic E-state index is 13.9. The van der Waals surface area contributed by atoms with Crippen molar-refractivity contribution in [1.82, 2.24) is 9.80 Å². The van der Waals surface area contributed by atoms with Crippen molar-refractivity contribution >= 4 is 11.7 Å². The number of carbonyl (C=O) groups excluding carboxylic acids is 1. The predicted octanol–water partition coefficient (Wildman–Crippen LogP) is 2.54. The zero-order chi connectivity index (χ0) is 23.1. The number of rotatable bonds is 5. The summed E-state index contributed by atoms with van der Waals surface area (Å²) < 4.78 is 65.3. The minimum Gasteiger partial charge on any atom is -0.346 e. The fraction of sp³-hybridized carbons (Fsp3) is 0.579. The highest BCUT2D eigenvalue weighted by molar-refractivity contribution is 5.89. The predicted molar refractivity (Wildman–Crippen MR) is 105 cm³/mol. The van der Waals surface area contributed by atoms with Crippen LogP contribution in [-0.4, -0.2) is 59.9 Å². The number of hydrogen-bond acceptors (Lipinski definition) is 4. The molecule has 0 aromatic heterocycles. The summed E-state index contributed by atoms with van der Waals surface area (Å²) in [6.07, 6.45) is -4.65. The van der Waals surface area contributed by atoms with Gasteiger partial charge in [0.2, 0.25) is 5.91 Å². The first kappa shape index (κ1) is 25.6. The smallest absolute Gasteiger partial charge is 0.346 e. The van der Waals surface area contributed by atoms with Crippen LogP contribution in [0.15, 0.2) is 17.2 Å². The summed E-state index contributed by atoms with van der Waals surface area (Å²) in [5.74, 6) is 3.50. The lowest BCUT2D eigenvalue weighted by Crippen LogP contribution is -2.55. The second-order valence-corrected chi connectivity index (χ2v) is 6.76. The summed E-state index contributed by atoms with van der Waals surface area (Å²) in [6.45, 7) is 4.03. The molecule has 1 aromatic rings. The molecule has 1 aliphatic heterocycles. The number of alkyl halides is 3. The maximum Gasteiger partial charge on any atom is 0.405 e. The maximum atomic E-state index is 13.9. The van der Waals surface area contributed by atoms with E-state index in [9.17, 15) is 26.7 Å². The van der Waals surface area contributed by atoms with Crippen LogP contribution in [0.4, 0.5) is 22.0 Å². The summed E-state index contributed by atoms with van der Waals surface area (Å²) in [6, 6.07) is 1.32. The van der Waals surface area contributed by atoms with Crippen LogP contribution >= 0.6 is 0 Å². The molecule has 0 aliphatic carbocycles. The average molecular weight is 437 g/mol. The van der Waals surface area contributed by atoms with Crippen molar-refractivity contribution in [3.05, 3.63) is 34.9 Å². The molecule has 30 heavy (non-hydrogen) atoms. The Hall–Kier alpha value is -2.43. The van der Waals surface area contributed by atoms with Gasteiger partial charge in [-0.15, -0.1) is 0 Å². The average Bonchev–Trinajstić information content (AvgIpc) is 2.66. The van der Waals surface area contributed by atoms with Gasteiger partial charge in [0, 0.05) is 25.6 Å². The van der Waals surface area contributed by atoms with E-state index in [2.05, 4.69) is 5.10 Å². The molecule has 1 amide bonds. The molecular weight excluding hydrogens is 409 g/mol. The minimum atomic E-state index is -4.42. The molecule has 1 unspecified atom stereocenters. The van der Waals surface area contributed by atoms with Crippen molar-refractivity contribution in [3.8, 4) is 0 Å². The highest BCUT2D eigenvalue weighted by atomic mass is 19.4. The number of nitrogens with two attached hydrogens (primary N) is 2. The van der Waals surface area contributed by atoms with Gasteiger partial charge in [-0.1, -0.05) is 13.8 Å². The fourth-order valence-corrected chi connectivity index (χ4v) is 2.99. The fourth-order valence-electron chi connectivity index (χ4n) is 2.99. The third-order valence-corrected chi connectivity index (χ3v) is 4.46. The molecule has 4 N–H and O–H groups in total. The third kappa shape index (κ3) is 7.43. The zero-order valence-electron chi connectivity index (χ0n) is 17.3. The van der Waals surface area contributed by atoms with E-state index in [1.54, 1.807) is 0 Å². The SMILES string of the molecule is CC.Cc1cc(F)c(CC(N)CC(=O)N2CCN(CC(F)(F)F)/C(=N\N)C2)cc1F.